The first kappa shape index (κ1) is 15.5. The van der Waals surface area contributed by atoms with Gasteiger partial charge in [0.15, 0.2) is 0 Å². The molecule has 0 aromatic carbocycles. The van der Waals surface area contributed by atoms with E-state index in [-0.39, 0.29) is 11.8 Å². The lowest BCUT2D eigenvalue weighted by Crippen LogP contribution is -2.51. The second-order valence-electron chi connectivity index (χ2n) is 5.67. The molecule has 1 fully saturated rings. The van der Waals surface area contributed by atoms with Crippen LogP contribution in [0.5, 0.6) is 0 Å². The molecule has 7 nitrogen and oxygen atoms in total. The van der Waals surface area contributed by atoms with Crippen LogP contribution in [-0.2, 0) is 4.79 Å². The summed E-state index contributed by atoms with van der Waals surface area (Å²) in [5, 5.41) is 6.92. The summed E-state index contributed by atoms with van der Waals surface area (Å²) >= 11 is 0. The highest BCUT2D eigenvalue weighted by Gasteiger charge is 2.26. The van der Waals surface area contributed by atoms with Crippen molar-refractivity contribution >= 4 is 11.8 Å². The number of hydrogen-bond donors (Lipinski definition) is 1. The number of rotatable bonds is 3. The van der Waals surface area contributed by atoms with Gasteiger partial charge in [-0.2, -0.15) is 5.10 Å². The maximum atomic E-state index is 12.5. The van der Waals surface area contributed by atoms with Gasteiger partial charge in [0.05, 0.1) is 17.8 Å². The van der Waals surface area contributed by atoms with Gasteiger partial charge in [0.25, 0.3) is 5.91 Å². The maximum absolute atomic E-state index is 12.5. The third kappa shape index (κ3) is 3.41. The minimum atomic E-state index is 0.0253. The molecule has 2 amide bonds. The summed E-state index contributed by atoms with van der Waals surface area (Å²) in [5.41, 5.74) is 2.22. The average molecular weight is 293 g/mol. The van der Waals surface area contributed by atoms with E-state index < -0.39 is 0 Å². The fourth-order valence-electron chi connectivity index (χ4n) is 2.47. The molecule has 1 aromatic rings. The van der Waals surface area contributed by atoms with E-state index in [9.17, 15) is 9.59 Å². The molecule has 0 unspecified atom stereocenters. The molecule has 116 valence electrons. The van der Waals surface area contributed by atoms with Crippen molar-refractivity contribution in [3.8, 4) is 0 Å². The third-order valence-electron chi connectivity index (χ3n) is 3.86. The summed E-state index contributed by atoms with van der Waals surface area (Å²) in [5.74, 6) is 0.119. The minimum Gasteiger partial charge on any atom is -0.348 e. The van der Waals surface area contributed by atoms with Crippen LogP contribution in [0.15, 0.2) is 0 Å². The van der Waals surface area contributed by atoms with Crippen molar-refractivity contribution in [3.63, 3.8) is 0 Å². The lowest BCUT2D eigenvalue weighted by Gasteiger charge is -2.34. The normalized spacial score (nSPS) is 16.1. The number of aromatic amines is 1. The van der Waals surface area contributed by atoms with Crippen molar-refractivity contribution in [2.45, 2.75) is 13.8 Å². The summed E-state index contributed by atoms with van der Waals surface area (Å²) in [6.45, 7) is 6.84. The number of amides is 2. The van der Waals surface area contributed by atoms with Crippen LogP contribution >= 0.6 is 0 Å². The van der Waals surface area contributed by atoms with Crippen LogP contribution < -0.4 is 0 Å². The van der Waals surface area contributed by atoms with E-state index in [1.807, 2.05) is 18.7 Å². The number of H-pyrrole nitrogens is 1. The zero-order valence-corrected chi connectivity index (χ0v) is 13.1. The van der Waals surface area contributed by atoms with Crippen molar-refractivity contribution in [1.29, 1.82) is 0 Å². The standard InChI is InChI=1S/C14H23N5O2/c1-10-13(11(2)16-15-10)14(21)19-7-5-18(6-8-19)9-12(20)17(3)4/h5-9H2,1-4H3,(H,15,16). The molecule has 0 bridgehead atoms. The lowest BCUT2D eigenvalue weighted by molar-refractivity contribution is -0.130. The number of carbonyl (C=O) groups is 2. The number of piperazine rings is 1. The van der Waals surface area contributed by atoms with E-state index in [0.29, 0.717) is 25.2 Å². The number of carbonyl (C=O) groups excluding carboxylic acids is 2. The van der Waals surface area contributed by atoms with Gasteiger partial charge in [0.2, 0.25) is 5.91 Å². The smallest absolute Gasteiger partial charge is 0.257 e. The van der Waals surface area contributed by atoms with E-state index in [4.69, 9.17) is 0 Å². The molecular formula is C14H23N5O2. The van der Waals surface area contributed by atoms with E-state index in [1.165, 1.54) is 0 Å². The van der Waals surface area contributed by atoms with Crippen LogP contribution in [-0.4, -0.2) is 83.5 Å². The molecule has 2 heterocycles. The predicted octanol–water partition coefficient (Wildman–Crippen LogP) is -0.127. The monoisotopic (exact) mass is 293 g/mol. The molecule has 1 aromatic heterocycles. The molecule has 7 heteroatoms. The SMILES string of the molecule is Cc1n[nH]c(C)c1C(=O)N1CCN(CC(=O)N(C)C)CC1. The Morgan fingerprint density at radius 1 is 1.19 bits per heavy atom. The third-order valence-corrected chi connectivity index (χ3v) is 3.86. The van der Waals surface area contributed by atoms with Gasteiger partial charge < -0.3 is 9.80 Å². The minimum absolute atomic E-state index is 0.0253. The van der Waals surface area contributed by atoms with Crippen LogP contribution in [0.3, 0.4) is 0 Å². The largest absolute Gasteiger partial charge is 0.348 e. The summed E-state index contributed by atoms with van der Waals surface area (Å²) < 4.78 is 0. The molecule has 1 saturated heterocycles. The molecule has 1 N–H and O–H groups in total. The molecule has 0 spiro atoms. The molecule has 1 aliphatic rings. The molecular weight excluding hydrogens is 270 g/mol. The quantitative estimate of drug-likeness (QED) is 0.843. The number of aromatic nitrogens is 2. The van der Waals surface area contributed by atoms with E-state index >= 15 is 0 Å². The number of hydrogen-bond acceptors (Lipinski definition) is 4. The fourth-order valence-corrected chi connectivity index (χ4v) is 2.47. The number of likely N-dealkylation sites (N-methyl/N-ethyl adjacent to an activating group) is 1. The molecule has 0 radical (unpaired) electrons. The first-order valence-electron chi connectivity index (χ1n) is 7.13. The zero-order chi connectivity index (χ0) is 15.6. The van der Waals surface area contributed by atoms with Crippen molar-refractivity contribution in [3.05, 3.63) is 17.0 Å². The molecule has 21 heavy (non-hydrogen) atoms. The van der Waals surface area contributed by atoms with Gasteiger partial charge in [0, 0.05) is 46.0 Å². The van der Waals surface area contributed by atoms with Crippen LogP contribution in [0.1, 0.15) is 21.7 Å². The molecule has 0 aliphatic carbocycles. The Hall–Kier alpha value is -1.89. The van der Waals surface area contributed by atoms with Crippen molar-refractivity contribution in [1.82, 2.24) is 24.9 Å². The summed E-state index contributed by atoms with van der Waals surface area (Å²) in [7, 11) is 3.51. The first-order valence-corrected chi connectivity index (χ1v) is 7.13. The highest BCUT2D eigenvalue weighted by molar-refractivity contribution is 5.96. The highest BCUT2D eigenvalue weighted by atomic mass is 16.2. The van der Waals surface area contributed by atoms with Crippen LogP contribution in [0.2, 0.25) is 0 Å². The van der Waals surface area contributed by atoms with Crippen molar-refractivity contribution in [2.75, 3.05) is 46.8 Å². The van der Waals surface area contributed by atoms with Gasteiger partial charge in [-0.1, -0.05) is 0 Å². The molecule has 0 atom stereocenters. The van der Waals surface area contributed by atoms with E-state index in [0.717, 1.165) is 24.5 Å². The Labute approximate surface area is 124 Å². The lowest BCUT2D eigenvalue weighted by atomic mass is 10.1. The summed E-state index contributed by atoms with van der Waals surface area (Å²) in [4.78, 5) is 29.7. The Morgan fingerprint density at radius 3 is 2.29 bits per heavy atom. The zero-order valence-electron chi connectivity index (χ0n) is 13.1. The summed E-state index contributed by atoms with van der Waals surface area (Å²) in [6, 6.07) is 0. The fraction of sp³-hybridized carbons (Fsp3) is 0.643. The number of aryl methyl sites for hydroxylation is 2. The predicted molar refractivity (Wildman–Crippen MR) is 79.1 cm³/mol. The molecule has 1 aliphatic heterocycles. The molecule has 0 saturated carbocycles. The average Bonchev–Trinajstić information content (AvgIpc) is 2.78. The van der Waals surface area contributed by atoms with Crippen LogP contribution in [0, 0.1) is 13.8 Å². The van der Waals surface area contributed by atoms with Gasteiger partial charge >= 0.3 is 0 Å². The Bertz CT molecular complexity index is 510. The summed E-state index contributed by atoms with van der Waals surface area (Å²) in [6.07, 6.45) is 0. The van der Waals surface area contributed by atoms with E-state index in [2.05, 4.69) is 15.1 Å². The Balaban J connectivity index is 1.92. The van der Waals surface area contributed by atoms with Crippen LogP contribution in [0.4, 0.5) is 0 Å². The Kier molecular flexibility index (Phi) is 4.62. The van der Waals surface area contributed by atoms with Crippen molar-refractivity contribution < 1.29 is 9.59 Å². The second kappa shape index (κ2) is 6.26. The van der Waals surface area contributed by atoms with Gasteiger partial charge in [-0.3, -0.25) is 19.6 Å². The van der Waals surface area contributed by atoms with Gasteiger partial charge in [-0.05, 0) is 13.8 Å². The topological polar surface area (TPSA) is 72.5 Å². The number of nitrogens with one attached hydrogen (secondary N) is 1. The second-order valence-corrected chi connectivity index (χ2v) is 5.67. The molecule has 2 rings (SSSR count). The van der Waals surface area contributed by atoms with Gasteiger partial charge in [-0.15, -0.1) is 0 Å². The van der Waals surface area contributed by atoms with E-state index in [1.54, 1.807) is 19.0 Å². The maximum Gasteiger partial charge on any atom is 0.257 e. The highest BCUT2D eigenvalue weighted by Crippen LogP contribution is 2.14. The van der Waals surface area contributed by atoms with Crippen LogP contribution in [0.25, 0.3) is 0 Å². The van der Waals surface area contributed by atoms with Gasteiger partial charge in [-0.25, -0.2) is 0 Å². The van der Waals surface area contributed by atoms with Crippen molar-refractivity contribution in [2.24, 2.45) is 0 Å². The Morgan fingerprint density at radius 2 is 1.81 bits per heavy atom. The number of nitrogens with zero attached hydrogens (tertiary/aromatic N) is 4. The van der Waals surface area contributed by atoms with Gasteiger partial charge in [0.1, 0.15) is 0 Å². The first-order chi connectivity index (χ1) is 9.90.